The first-order valence-corrected chi connectivity index (χ1v) is 5.13. The van der Waals surface area contributed by atoms with Crippen molar-refractivity contribution in [2.45, 2.75) is 6.04 Å². The van der Waals surface area contributed by atoms with Crippen LogP contribution in [0, 0.1) is 0 Å². The number of carbonyl (C=O) groups excluding carboxylic acids is 1. The van der Waals surface area contributed by atoms with Crippen molar-refractivity contribution in [1.29, 1.82) is 0 Å². The Kier molecular flexibility index (Phi) is 4.26. The van der Waals surface area contributed by atoms with Crippen LogP contribution < -0.4 is 5.73 Å². The largest absolute Gasteiger partial charge is 0.465 e. The van der Waals surface area contributed by atoms with Crippen molar-refractivity contribution in [2.24, 2.45) is 5.73 Å². The van der Waals surface area contributed by atoms with Gasteiger partial charge in [-0.3, -0.25) is 0 Å². The van der Waals surface area contributed by atoms with Crippen LogP contribution in [0.1, 0.15) is 22.0 Å². The predicted molar refractivity (Wildman–Crippen MR) is 59.5 cm³/mol. The van der Waals surface area contributed by atoms with Crippen LogP contribution in [0.4, 0.5) is 0 Å². The van der Waals surface area contributed by atoms with E-state index in [1.54, 1.807) is 18.2 Å². The second-order valence-electron chi connectivity index (χ2n) is 3.02. The first-order valence-electron chi connectivity index (χ1n) is 4.34. The van der Waals surface area contributed by atoms with Gasteiger partial charge in [0.05, 0.1) is 25.3 Å². The molecule has 0 saturated carbocycles. The molecule has 15 heavy (non-hydrogen) atoms. The third-order valence-corrected chi connectivity index (χ3v) is 2.70. The molecule has 5 heteroatoms. The zero-order valence-electron chi connectivity index (χ0n) is 8.24. The van der Waals surface area contributed by atoms with Crippen LogP contribution in [0.3, 0.4) is 0 Å². The summed E-state index contributed by atoms with van der Waals surface area (Å²) in [6.45, 7) is -0.143. The third-order valence-electron chi connectivity index (χ3n) is 2.02. The molecule has 0 saturated heterocycles. The van der Waals surface area contributed by atoms with Gasteiger partial charge in [0.25, 0.3) is 0 Å². The van der Waals surface area contributed by atoms with E-state index in [0.717, 1.165) is 5.56 Å². The Labute approximate surface area is 96.2 Å². The number of halogens is 1. The fourth-order valence-corrected chi connectivity index (χ4v) is 1.84. The Morgan fingerprint density at radius 2 is 2.33 bits per heavy atom. The average Bonchev–Trinajstić information content (AvgIpc) is 2.26. The molecule has 1 aromatic rings. The van der Waals surface area contributed by atoms with E-state index in [0.29, 0.717) is 10.0 Å². The number of hydrogen-bond donors (Lipinski definition) is 2. The highest BCUT2D eigenvalue weighted by atomic mass is 79.9. The summed E-state index contributed by atoms with van der Waals surface area (Å²) in [5.74, 6) is -0.403. The first-order chi connectivity index (χ1) is 7.10. The van der Waals surface area contributed by atoms with E-state index in [-0.39, 0.29) is 6.61 Å². The summed E-state index contributed by atoms with van der Waals surface area (Å²) >= 11 is 3.29. The fourth-order valence-electron chi connectivity index (χ4n) is 1.17. The number of hydrogen-bond acceptors (Lipinski definition) is 4. The molecule has 0 amide bonds. The van der Waals surface area contributed by atoms with Crippen molar-refractivity contribution >= 4 is 21.9 Å². The molecular formula is C10H12BrNO3. The Hall–Kier alpha value is -0.910. The van der Waals surface area contributed by atoms with Gasteiger partial charge < -0.3 is 15.6 Å². The summed E-state index contributed by atoms with van der Waals surface area (Å²) in [5, 5.41) is 8.90. The molecule has 1 atom stereocenters. The molecule has 0 spiro atoms. The molecule has 1 aromatic carbocycles. The van der Waals surface area contributed by atoms with Crippen LogP contribution in [0.5, 0.6) is 0 Å². The van der Waals surface area contributed by atoms with Gasteiger partial charge in [-0.15, -0.1) is 0 Å². The highest BCUT2D eigenvalue weighted by Gasteiger charge is 2.12. The second-order valence-corrected chi connectivity index (χ2v) is 3.87. The molecule has 3 N–H and O–H groups in total. The quantitative estimate of drug-likeness (QED) is 0.813. The fraction of sp³-hybridized carbons (Fsp3) is 0.300. The molecule has 0 radical (unpaired) electrons. The number of aliphatic hydroxyl groups is 1. The number of ether oxygens (including phenoxy) is 1. The Morgan fingerprint density at radius 1 is 1.67 bits per heavy atom. The van der Waals surface area contributed by atoms with Crippen LogP contribution >= 0.6 is 15.9 Å². The summed E-state index contributed by atoms with van der Waals surface area (Å²) < 4.78 is 5.26. The average molecular weight is 274 g/mol. The topological polar surface area (TPSA) is 72.5 Å². The molecule has 0 aliphatic rings. The molecule has 82 valence electrons. The Morgan fingerprint density at radius 3 is 2.80 bits per heavy atom. The number of nitrogens with two attached hydrogens (primary N) is 1. The van der Waals surface area contributed by atoms with E-state index in [9.17, 15) is 4.79 Å². The maximum Gasteiger partial charge on any atom is 0.337 e. The maximum absolute atomic E-state index is 11.2. The number of benzene rings is 1. The van der Waals surface area contributed by atoms with Gasteiger partial charge in [-0.05, 0) is 17.7 Å². The molecule has 0 unspecified atom stereocenters. The summed E-state index contributed by atoms with van der Waals surface area (Å²) in [7, 11) is 1.32. The zero-order chi connectivity index (χ0) is 11.4. The third kappa shape index (κ3) is 2.77. The number of carbonyl (C=O) groups is 1. The van der Waals surface area contributed by atoms with Crippen molar-refractivity contribution in [3.8, 4) is 0 Å². The van der Waals surface area contributed by atoms with E-state index in [4.69, 9.17) is 10.8 Å². The van der Waals surface area contributed by atoms with E-state index < -0.39 is 12.0 Å². The van der Waals surface area contributed by atoms with Gasteiger partial charge in [-0.2, -0.15) is 0 Å². The number of aliphatic hydroxyl groups excluding tert-OH is 1. The summed E-state index contributed by atoms with van der Waals surface area (Å²) in [6, 6.07) is 4.47. The van der Waals surface area contributed by atoms with Gasteiger partial charge in [0.15, 0.2) is 0 Å². The van der Waals surface area contributed by atoms with Gasteiger partial charge in [0.1, 0.15) is 0 Å². The normalized spacial score (nSPS) is 12.3. The summed E-state index contributed by atoms with van der Waals surface area (Å²) in [4.78, 5) is 11.2. The lowest BCUT2D eigenvalue weighted by atomic mass is 10.1. The highest BCUT2D eigenvalue weighted by Crippen LogP contribution is 2.23. The number of rotatable bonds is 3. The van der Waals surface area contributed by atoms with Gasteiger partial charge in [-0.1, -0.05) is 22.0 Å². The number of esters is 1. The van der Waals surface area contributed by atoms with E-state index >= 15 is 0 Å². The van der Waals surface area contributed by atoms with E-state index in [1.165, 1.54) is 7.11 Å². The minimum Gasteiger partial charge on any atom is -0.465 e. The van der Waals surface area contributed by atoms with Gasteiger partial charge in [0, 0.05) is 4.47 Å². The van der Waals surface area contributed by atoms with Crippen LogP contribution in [0.15, 0.2) is 22.7 Å². The minimum atomic E-state index is -0.453. The molecule has 0 heterocycles. The second kappa shape index (κ2) is 5.25. The monoisotopic (exact) mass is 273 g/mol. The van der Waals surface area contributed by atoms with Crippen LogP contribution in [-0.2, 0) is 4.74 Å². The smallest absolute Gasteiger partial charge is 0.337 e. The lowest BCUT2D eigenvalue weighted by molar-refractivity contribution is 0.0600. The van der Waals surface area contributed by atoms with Crippen molar-refractivity contribution in [2.75, 3.05) is 13.7 Å². The maximum atomic E-state index is 11.2. The summed E-state index contributed by atoms with van der Waals surface area (Å²) in [5.41, 5.74) is 6.86. The van der Waals surface area contributed by atoms with Crippen molar-refractivity contribution < 1.29 is 14.6 Å². The molecule has 0 aromatic heterocycles. The van der Waals surface area contributed by atoms with Crippen molar-refractivity contribution in [3.63, 3.8) is 0 Å². The standard InChI is InChI=1S/C10H12BrNO3/c1-15-10(14)6-2-3-7(8(11)4-6)9(12)5-13/h2-4,9,13H,5,12H2,1H3/t9-/m0/s1. The molecule has 1 rings (SSSR count). The lowest BCUT2D eigenvalue weighted by Gasteiger charge is -2.11. The molecule has 0 fully saturated rings. The van der Waals surface area contributed by atoms with Gasteiger partial charge in [0.2, 0.25) is 0 Å². The number of methoxy groups -OCH3 is 1. The van der Waals surface area contributed by atoms with Crippen LogP contribution in [0.25, 0.3) is 0 Å². The Balaban J connectivity index is 3.03. The predicted octanol–water partition coefficient (Wildman–Crippen LogP) is 1.23. The zero-order valence-corrected chi connectivity index (χ0v) is 9.82. The SMILES string of the molecule is COC(=O)c1ccc([C@@H](N)CO)c(Br)c1. The van der Waals surface area contributed by atoms with E-state index in [2.05, 4.69) is 20.7 Å². The highest BCUT2D eigenvalue weighted by molar-refractivity contribution is 9.10. The van der Waals surface area contributed by atoms with Gasteiger partial charge >= 0.3 is 5.97 Å². The van der Waals surface area contributed by atoms with Gasteiger partial charge in [-0.25, -0.2) is 4.79 Å². The Bertz CT molecular complexity index is 368. The lowest BCUT2D eigenvalue weighted by Crippen LogP contribution is -2.15. The minimum absolute atomic E-state index is 0.143. The summed E-state index contributed by atoms with van der Waals surface area (Å²) in [6.07, 6.45) is 0. The first kappa shape index (κ1) is 12.2. The van der Waals surface area contributed by atoms with Crippen LogP contribution in [0.2, 0.25) is 0 Å². The van der Waals surface area contributed by atoms with Crippen LogP contribution in [-0.4, -0.2) is 24.8 Å². The molecule has 0 bridgehead atoms. The molecule has 0 aliphatic heterocycles. The molecule has 0 aliphatic carbocycles. The van der Waals surface area contributed by atoms with E-state index in [1.807, 2.05) is 0 Å². The molecule has 4 nitrogen and oxygen atoms in total. The van der Waals surface area contributed by atoms with Crippen molar-refractivity contribution in [3.05, 3.63) is 33.8 Å². The molecular weight excluding hydrogens is 262 g/mol. The van der Waals surface area contributed by atoms with Crippen molar-refractivity contribution in [1.82, 2.24) is 0 Å².